The van der Waals surface area contributed by atoms with Crippen LogP contribution in [0.4, 0.5) is 0 Å². The van der Waals surface area contributed by atoms with E-state index >= 15 is 0 Å². The lowest BCUT2D eigenvalue weighted by atomic mass is 9.85. The summed E-state index contributed by atoms with van der Waals surface area (Å²) in [6.07, 6.45) is 4.20. The second-order valence-corrected chi connectivity index (χ2v) is 5.46. The molecule has 1 aliphatic rings. The standard InChI is InChI=1S/C18H23NO2/c1-2-19(14-15-8-7-9-15)18(21)17-12-4-3-10-16(17)11-5-6-13-20/h3-4,10,12,15,20H,2,6-9,13-14H2,1H3. The highest BCUT2D eigenvalue weighted by atomic mass is 16.2. The van der Waals surface area contributed by atoms with Crippen LogP contribution in [-0.2, 0) is 0 Å². The van der Waals surface area contributed by atoms with Crippen molar-refractivity contribution in [3.63, 3.8) is 0 Å². The fourth-order valence-corrected chi connectivity index (χ4v) is 2.51. The maximum atomic E-state index is 12.7. The van der Waals surface area contributed by atoms with Gasteiger partial charge in [0.15, 0.2) is 0 Å². The van der Waals surface area contributed by atoms with Gasteiger partial charge in [-0.15, -0.1) is 0 Å². The molecule has 0 aromatic heterocycles. The Labute approximate surface area is 127 Å². The van der Waals surface area contributed by atoms with Crippen LogP contribution in [0.25, 0.3) is 0 Å². The van der Waals surface area contributed by atoms with E-state index in [2.05, 4.69) is 11.8 Å². The first-order valence-electron chi connectivity index (χ1n) is 7.74. The van der Waals surface area contributed by atoms with Crippen LogP contribution in [-0.4, -0.2) is 35.6 Å². The van der Waals surface area contributed by atoms with Crippen molar-refractivity contribution in [2.45, 2.75) is 32.6 Å². The largest absolute Gasteiger partial charge is 0.395 e. The quantitative estimate of drug-likeness (QED) is 0.845. The molecule has 1 N–H and O–H groups in total. The zero-order valence-corrected chi connectivity index (χ0v) is 12.6. The zero-order chi connectivity index (χ0) is 15.1. The van der Waals surface area contributed by atoms with Crippen LogP contribution >= 0.6 is 0 Å². The molecule has 1 amide bonds. The highest BCUT2D eigenvalue weighted by Crippen LogP contribution is 2.27. The van der Waals surface area contributed by atoms with Gasteiger partial charge in [0.1, 0.15) is 0 Å². The third-order valence-electron chi connectivity index (χ3n) is 3.99. The third kappa shape index (κ3) is 4.09. The van der Waals surface area contributed by atoms with Gasteiger partial charge in [-0.2, -0.15) is 0 Å². The normalized spacial score (nSPS) is 14.0. The van der Waals surface area contributed by atoms with E-state index in [0.717, 1.165) is 18.7 Å². The van der Waals surface area contributed by atoms with Crippen molar-refractivity contribution in [3.05, 3.63) is 35.4 Å². The summed E-state index contributed by atoms with van der Waals surface area (Å²) in [6.45, 7) is 3.66. The molecule has 3 nitrogen and oxygen atoms in total. The monoisotopic (exact) mass is 285 g/mol. The van der Waals surface area contributed by atoms with E-state index in [1.54, 1.807) is 0 Å². The van der Waals surface area contributed by atoms with Crippen LogP contribution < -0.4 is 0 Å². The zero-order valence-electron chi connectivity index (χ0n) is 12.6. The Balaban J connectivity index is 2.15. The number of hydrogen-bond donors (Lipinski definition) is 1. The third-order valence-corrected chi connectivity index (χ3v) is 3.99. The molecule has 0 heterocycles. The SMILES string of the molecule is CCN(CC1CCC1)C(=O)c1ccccc1C#CCCO. The summed E-state index contributed by atoms with van der Waals surface area (Å²) in [5, 5.41) is 8.80. The van der Waals surface area contributed by atoms with Crippen molar-refractivity contribution in [1.29, 1.82) is 0 Å². The molecule has 0 atom stereocenters. The first kappa shape index (κ1) is 15.6. The van der Waals surface area contributed by atoms with E-state index in [4.69, 9.17) is 5.11 Å². The van der Waals surface area contributed by atoms with Gasteiger partial charge in [0, 0.05) is 25.1 Å². The molecule has 0 bridgehead atoms. The Morgan fingerprint density at radius 3 is 2.76 bits per heavy atom. The number of nitrogens with zero attached hydrogens (tertiary/aromatic N) is 1. The number of hydrogen-bond acceptors (Lipinski definition) is 2. The van der Waals surface area contributed by atoms with Crippen LogP contribution in [0.2, 0.25) is 0 Å². The van der Waals surface area contributed by atoms with Gasteiger partial charge in [-0.05, 0) is 37.8 Å². The predicted molar refractivity (Wildman–Crippen MR) is 83.9 cm³/mol. The fourth-order valence-electron chi connectivity index (χ4n) is 2.51. The van der Waals surface area contributed by atoms with Crippen molar-refractivity contribution in [1.82, 2.24) is 4.90 Å². The molecule has 1 saturated carbocycles. The summed E-state index contributed by atoms with van der Waals surface area (Å²) < 4.78 is 0. The lowest BCUT2D eigenvalue weighted by molar-refractivity contribution is 0.0706. The lowest BCUT2D eigenvalue weighted by Gasteiger charge is -2.32. The number of aliphatic hydroxyl groups is 1. The summed E-state index contributed by atoms with van der Waals surface area (Å²) in [4.78, 5) is 14.6. The summed E-state index contributed by atoms with van der Waals surface area (Å²) >= 11 is 0. The summed E-state index contributed by atoms with van der Waals surface area (Å²) in [5.41, 5.74) is 1.42. The van der Waals surface area contributed by atoms with Crippen LogP contribution in [0.1, 0.15) is 48.5 Å². The number of aliphatic hydroxyl groups excluding tert-OH is 1. The number of carbonyl (C=O) groups excluding carboxylic acids is 1. The minimum atomic E-state index is 0.0475. The van der Waals surface area contributed by atoms with Gasteiger partial charge in [-0.1, -0.05) is 30.4 Å². The minimum Gasteiger partial charge on any atom is -0.395 e. The molecule has 0 spiro atoms. The molecule has 1 aliphatic carbocycles. The predicted octanol–water partition coefficient (Wildman–Crippen LogP) is 2.68. The van der Waals surface area contributed by atoms with Crippen molar-refractivity contribution >= 4 is 5.91 Å². The van der Waals surface area contributed by atoms with Gasteiger partial charge in [0.25, 0.3) is 5.91 Å². The summed E-state index contributed by atoms with van der Waals surface area (Å²) in [6, 6.07) is 7.48. The summed E-state index contributed by atoms with van der Waals surface area (Å²) in [5.74, 6) is 6.63. The molecule has 1 aromatic carbocycles. The average molecular weight is 285 g/mol. The van der Waals surface area contributed by atoms with Crippen LogP contribution in [0.5, 0.6) is 0 Å². The molecule has 3 heteroatoms. The molecular weight excluding hydrogens is 262 g/mol. The number of benzene rings is 1. The molecule has 21 heavy (non-hydrogen) atoms. The molecule has 0 aliphatic heterocycles. The highest BCUT2D eigenvalue weighted by molar-refractivity contribution is 5.96. The van der Waals surface area contributed by atoms with Crippen molar-refractivity contribution < 1.29 is 9.90 Å². The number of carbonyl (C=O) groups is 1. The maximum absolute atomic E-state index is 12.7. The van der Waals surface area contributed by atoms with Crippen molar-refractivity contribution in [3.8, 4) is 11.8 Å². The Morgan fingerprint density at radius 1 is 1.38 bits per heavy atom. The molecule has 1 fully saturated rings. The topological polar surface area (TPSA) is 40.5 Å². The van der Waals surface area contributed by atoms with Gasteiger partial charge in [0.05, 0.1) is 12.2 Å². The van der Waals surface area contributed by atoms with Gasteiger partial charge in [0.2, 0.25) is 0 Å². The Kier molecular flexibility index (Phi) is 5.83. The second kappa shape index (κ2) is 7.85. The molecule has 112 valence electrons. The van der Waals surface area contributed by atoms with E-state index < -0.39 is 0 Å². The minimum absolute atomic E-state index is 0.0475. The van der Waals surface area contributed by atoms with E-state index in [-0.39, 0.29) is 12.5 Å². The molecule has 1 aromatic rings. The smallest absolute Gasteiger partial charge is 0.255 e. The average Bonchev–Trinajstić information content (AvgIpc) is 2.46. The van der Waals surface area contributed by atoms with E-state index in [1.807, 2.05) is 36.1 Å². The van der Waals surface area contributed by atoms with Gasteiger partial charge >= 0.3 is 0 Å². The number of amides is 1. The first-order chi connectivity index (χ1) is 10.3. The van der Waals surface area contributed by atoms with Gasteiger partial charge in [-0.25, -0.2) is 0 Å². The van der Waals surface area contributed by atoms with E-state index in [0.29, 0.717) is 17.9 Å². The van der Waals surface area contributed by atoms with Crippen molar-refractivity contribution in [2.24, 2.45) is 5.92 Å². The molecule has 0 saturated heterocycles. The van der Waals surface area contributed by atoms with E-state index in [1.165, 1.54) is 19.3 Å². The van der Waals surface area contributed by atoms with Crippen molar-refractivity contribution in [2.75, 3.05) is 19.7 Å². The highest BCUT2D eigenvalue weighted by Gasteiger charge is 2.24. The molecular formula is C18H23NO2. The molecule has 2 rings (SSSR count). The first-order valence-corrected chi connectivity index (χ1v) is 7.74. The Hall–Kier alpha value is -1.79. The number of rotatable bonds is 5. The molecule has 0 unspecified atom stereocenters. The van der Waals surface area contributed by atoms with Gasteiger partial charge < -0.3 is 10.0 Å². The fraction of sp³-hybridized carbons (Fsp3) is 0.500. The Morgan fingerprint density at radius 2 is 2.14 bits per heavy atom. The second-order valence-electron chi connectivity index (χ2n) is 5.46. The van der Waals surface area contributed by atoms with E-state index in [9.17, 15) is 4.79 Å². The summed E-state index contributed by atoms with van der Waals surface area (Å²) in [7, 11) is 0. The van der Waals surface area contributed by atoms with Crippen LogP contribution in [0.15, 0.2) is 24.3 Å². The van der Waals surface area contributed by atoms with Crippen LogP contribution in [0.3, 0.4) is 0 Å². The lowest BCUT2D eigenvalue weighted by Crippen LogP contribution is -2.37. The Bertz CT molecular complexity index is 538. The van der Waals surface area contributed by atoms with Gasteiger partial charge in [-0.3, -0.25) is 4.79 Å². The van der Waals surface area contributed by atoms with Crippen LogP contribution in [0, 0.1) is 17.8 Å². The molecule has 0 radical (unpaired) electrons. The maximum Gasteiger partial charge on any atom is 0.255 e.